The monoisotopic (exact) mass is 164 g/mol. The summed E-state index contributed by atoms with van der Waals surface area (Å²) in [4.78, 5) is 20.0. The van der Waals surface area contributed by atoms with E-state index in [1.54, 1.807) is 0 Å². The fourth-order valence-corrected chi connectivity index (χ4v) is 0.675. The highest BCUT2D eigenvalue weighted by Crippen LogP contribution is 2.08. The topological polar surface area (TPSA) is 74.6 Å². The number of rotatable bonds is 5. The van der Waals surface area contributed by atoms with Crippen molar-refractivity contribution >= 4 is 11.9 Å². The average molecular weight is 164 g/mol. The first-order valence-corrected chi connectivity index (χ1v) is 3.05. The van der Waals surface area contributed by atoms with Crippen LogP contribution in [0.1, 0.15) is 12.8 Å². The van der Waals surface area contributed by atoms with Crippen LogP contribution in [0, 0.1) is 5.92 Å². The van der Waals surface area contributed by atoms with Crippen molar-refractivity contribution in [2.75, 3.05) is 6.67 Å². The third-order valence-corrected chi connectivity index (χ3v) is 1.14. The Labute approximate surface area is 62.6 Å². The molecule has 0 aromatic rings. The summed E-state index contributed by atoms with van der Waals surface area (Å²) in [5.41, 5.74) is 0. The first-order chi connectivity index (χ1) is 5.06. The van der Waals surface area contributed by atoms with Crippen LogP contribution in [0.2, 0.25) is 0 Å². The van der Waals surface area contributed by atoms with E-state index in [2.05, 4.69) is 0 Å². The number of hydrogen-bond acceptors (Lipinski definition) is 2. The molecule has 5 heteroatoms. The molecule has 0 rings (SSSR count). The zero-order chi connectivity index (χ0) is 8.85. The van der Waals surface area contributed by atoms with Gasteiger partial charge in [0.1, 0.15) is 0 Å². The number of hydrogen-bond donors (Lipinski definition) is 2. The lowest BCUT2D eigenvalue weighted by Crippen LogP contribution is -2.14. The zero-order valence-electron chi connectivity index (χ0n) is 5.79. The summed E-state index contributed by atoms with van der Waals surface area (Å²) < 4.78 is 11.9. The largest absolute Gasteiger partial charge is 0.481 e. The van der Waals surface area contributed by atoms with Crippen LogP contribution < -0.4 is 0 Å². The molecule has 0 aromatic carbocycles. The Kier molecular flexibility index (Phi) is 4.17. The van der Waals surface area contributed by atoms with Crippen LogP contribution in [0.5, 0.6) is 0 Å². The lowest BCUT2D eigenvalue weighted by atomic mass is 10.0. The fourth-order valence-electron chi connectivity index (χ4n) is 0.675. The highest BCUT2D eigenvalue weighted by atomic mass is 19.1. The molecule has 0 aliphatic carbocycles. The predicted octanol–water partition coefficient (Wildman–Crippen LogP) is 0.522. The highest BCUT2D eigenvalue weighted by molar-refractivity contribution is 5.70. The van der Waals surface area contributed by atoms with Crippen LogP contribution in [0.3, 0.4) is 0 Å². The maximum atomic E-state index is 11.9. The minimum Gasteiger partial charge on any atom is -0.481 e. The smallest absolute Gasteiger partial charge is 0.303 e. The van der Waals surface area contributed by atoms with Gasteiger partial charge in [0.05, 0.1) is 19.5 Å². The Hall–Kier alpha value is -1.13. The second-order valence-corrected chi connectivity index (χ2v) is 2.22. The van der Waals surface area contributed by atoms with Crippen molar-refractivity contribution in [3.05, 3.63) is 0 Å². The molecule has 0 atom stereocenters. The van der Waals surface area contributed by atoms with Crippen molar-refractivity contribution in [3.63, 3.8) is 0 Å². The third-order valence-electron chi connectivity index (χ3n) is 1.14. The van der Waals surface area contributed by atoms with Gasteiger partial charge < -0.3 is 10.2 Å². The molecule has 2 N–H and O–H groups in total. The summed E-state index contributed by atoms with van der Waals surface area (Å²) in [6.45, 7) is -0.904. The second-order valence-electron chi connectivity index (χ2n) is 2.22. The summed E-state index contributed by atoms with van der Waals surface area (Å²) in [6.07, 6.45) is -0.856. The molecule has 4 nitrogen and oxygen atoms in total. The first-order valence-electron chi connectivity index (χ1n) is 3.05. The van der Waals surface area contributed by atoms with Gasteiger partial charge in [-0.2, -0.15) is 0 Å². The Morgan fingerprint density at radius 1 is 1.18 bits per heavy atom. The second kappa shape index (κ2) is 4.65. The Bertz CT molecular complexity index is 141. The summed E-state index contributed by atoms with van der Waals surface area (Å²) in [5.74, 6) is -3.24. The van der Waals surface area contributed by atoms with Gasteiger partial charge in [0.25, 0.3) is 0 Å². The van der Waals surface area contributed by atoms with Crippen molar-refractivity contribution < 1.29 is 24.2 Å². The minimum atomic E-state index is -1.17. The maximum Gasteiger partial charge on any atom is 0.303 e. The number of carbonyl (C=O) groups is 2. The van der Waals surface area contributed by atoms with Crippen molar-refractivity contribution in [1.82, 2.24) is 0 Å². The summed E-state index contributed by atoms with van der Waals surface area (Å²) in [6, 6.07) is 0. The molecule has 0 aromatic heterocycles. The quantitative estimate of drug-likeness (QED) is 0.621. The number of halogens is 1. The van der Waals surface area contributed by atoms with Crippen LogP contribution in [-0.4, -0.2) is 28.8 Å². The van der Waals surface area contributed by atoms with Crippen LogP contribution in [-0.2, 0) is 9.59 Å². The van der Waals surface area contributed by atoms with Crippen molar-refractivity contribution in [2.24, 2.45) is 5.92 Å². The number of carboxylic acids is 2. The molecule has 0 unspecified atom stereocenters. The number of aliphatic carboxylic acids is 2. The Morgan fingerprint density at radius 3 is 1.73 bits per heavy atom. The van der Waals surface area contributed by atoms with E-state index in [4.69, 9.17) is 10.2 Å². The van der Waals surface area contributed by atoms with Gasteiger partial charge in [0, 0.05) is 5.92 Å². The molecular formula is C6H9FO4. The van der Waals surface area contributed by atoms with Gasteiger partial charge in [-0.05, 0) is 0 Å². The molecular weight excluding hydrogens is 155 g/mol. The summed E-state index contributed by atoms with van der Waals surface area (Å²) in [5, 5.41) is 16.3. The molecule has 0 radical (unpaired) electrons. The Morgan fingerprint density at radius 2 is 1.55 bits per heavy atom. The number of alkyl halides is 1. The molecule has 0 saturated heterocycles. The van der Waals surface area contributed by atoms with Gasteiger partial charge in [-0.25, -0.2) is 0 Å². The van der Waals surface area contributed by atoms with Crippen molar-refractivity contribution in [1.29, 1.82) is 0 Å². The van der Waals surface area contributed by atoms with E-state index in [9.17, 15) is 14.0 Å². The molecule has 0 amide bonds. The normalized spacial score (nSPS) is 10.0. The van der Waals surface area contributed by atoms with Crippen molar-refractivity contribution in [3.8, 4) is 0 Å². The average Bonchev–Trinajstić information content (AvgIpc) is 1.84. The summed E-state index contributed by atoms with van der Waals surface area (Å²) >= 11 is 0. The standard InChI is InChI=1S/C6H9FO4/c7-3-4(1-5(8)9)2-6(10)11/h4H,1-3H2,(H,8,9)(H,10,11). The maximum absolute atomic E-state index is 11.9. The van der Waals surface area contributed by atoms with Gasteiger partial charge in [-0.3, -0.25) is 14.0 Å². The molecule has 0 spiro atoms. The number of carboxylic acid groups (broad SMARTS) is 2. The van der Waals surface area contributed by atoms with Crippen LogP contribution in [0.15, 0.2) is 0 Å². The fraction of sp³-hybridized carbons (Fsp3) is 0.667. The van der Waals surface area contributed by atoms with Crippen molar-refractivity contribution in [2.45, 2.75) is 12.8 Å². The minimum absolute atomic E-state index is 0.428. The van der Waals surface area contributed by atoms with E-state index in [1.165, 1.54) is 0 Å². The van der Waals surface area contributed by atoms with Crippen LogP contribution in [0.4, 0.5) is 4.39 Å². The van der Waals surface area contributed by atoms with Gasteiger partial charge >= 0.3 is 11.9 Å². The summed E-state index contributed by atoms with van der Waals surface area (Å²) in [7, 11) is 0. The molecule has 0 aliphatic heterocycles. The molecule has 11 heavy (non-hydrogen) atoms. The van der Waals surface area contributed by atoms with Gasteiger partial charge in [0.15, 0.2) is 0 Å². The predicted molar refractivity (Wildman–Crippen MR) is 34.0 cm³/mol. The molecule has 0 bridgehead atoms. The SMILES string of the molecule is O=C(O)CC(CF)CC(=O)O. The molecule has 0 fully saturated rings. The molecule has 64 valence electrons. The Balaban J connectivity index is 3.76. The van der Waals surface area contributed by atoms with E-state index in [1.807, 2.05) is 0 Å². The van der Waals surface area contributed by atoms with Gasteiger partial charge in [-0.15, -0.1) is 0 Å². The first kappa shape index (κ1) is 9.87. The lowest BCUT2D eigenvalue weighted by molar-refractivity contribution is -0.140. The molecule has 0 saturated carbocycles. The van der Waals surface area contributed by atoms with E-state index in [-0.39, 0.29) is 0 Å². The van der Waals surface area contributed by atoms with Gasteiger partial charge in [-0.1, -0.05) is 0 Å². The van der Waals surface area contributed by atoms with E-state index in [0.29, 0.717) is 0 Å². The van der Waals surface area contributed by atoms with E-state index in [0.717, 1.165) is 0 Å². The highest BCUT2D eigenvalue weighted by Gasteiger charge is 2.16. The lowest BCUT2D eigenvalue weighted by Gasteiger charge is -2.05. The molecule has 0 aliphatic rings. The van der Waals surface area contributed by atoms with Gasteiger partial charge in [0.2, 0.25) is 0 Å². The third kappa shape index (κ3) is 5.32. The zero-order valence-corrected chi connectivity index (χ0v) is 5.79. The van der Waals surface area contributed by atoms with Crippen LogP contribution >= 0.6 is 0 Å². The molecule has 0 heterocycles. The van der Waals surface area contributed by atoms with Crippen LogP contribution in [0.25, 0.3) is 0 Å². The van der Waals surface area contributed by atoms with E-state index >= 15 is 0 Å². The van der Waals surface area contributed by atoms with E-state index < -0.39 is 37.4 Å².